The summed E-state index contributed by atoms with van der Waals surface area (Å²) in [4.78, 5) is 39.4. The van der Waals surface area contributed by atoms with Gasteiger partial charge in [0, 0.05) is 50.8 Å². The van der Waals surface area contributed by atoms with E-state index in [0.29, 0.717) is 25.9 Å². The summed E-state index contributed by atoms with van der Waals surface area (Å²) >= 11 is 0. The molecule has 7 heteroatoms. The lowest BCUT2D eigenvalue weighted by Gasteiger charge is -2.42. The van der Waals surface area contributed by atoms with E-state index < -0.39 is 5.54 Å². The SMILES string of the molecule is Cc1cc(N(C)C)nc(C2(C)CCCN(C(=O)C(C)(C)NC(=O)CCc3ccccc3)C2)n1. The van der Waals surface area contributed by atoms with E-state index in [-0.39, 0.29) is 17.2 Å². The van der Waals surface area contributed by atoms with Crippen molar-refractivity contribution in [3.05, 3.63) is 53.5 Å². The smallest absolute Gasteiger partial charge is 0.247 e. The first-order chi connectivity index (χ1) is 15.5. The molecule has 1 atom stereocenters. The number of nitrogens with one attached hydrogen (secondary N) is 1. The van der Waals surface area contributed by atoms with Gasteiger partial charge in [-0.1, -0.05) is 37.3 Å². The molecule has 2 heterocycles. The first kappa shape index (κ1) is 24.7. The zero-order valence-electron chi connectivity index (χ0n) is 20.8. The Morgan fingerprint density at radius 3 is 2.55 bits per heavy atom. The molecule has 178 valence electrons. The monoisotopic (exact) mass is 451 g/mol. The lowest BCUT2D eigenvalue weighted by atomic mass is 9.80. The Hall–Kier alpha value is -2.96. The maximum atomic E-state index is 13.5. The summed E-state index contributed by atoms with van der Waals surface area (Å²) < 4.78 is 0. The number of piperidine rings is 1. The van der Waals surface area contributed by atoms with Crippen molar-refractivity contribution in [3.8, 4) is 0 Å². The number of anilines is 1. The number of benzene rings is 1. The van der Waals surface area contributed by atoms with Crippen molar-refractivity contribution in [1.29, 1.82) is 0 Å². The number of hydrogen-bond acceptors (Lipinski definition) is 5. The highest BCUT2D eigenvalue weighted by Gasteiger charge is 2.41. The number of aryl methyl sites for hydroxylation is 2. The van der Waals surface area contributed by atoms with Crippen LogP contribution in [0.3, 0.4) is 0 Å². The molecule has 2 amide bonds. The van der Waals surface area contributed by atoms with Crippen molar-refractivity contribution in [3.63, 3.8) is 0 Å². The first-order valence-electron chi connectivity index (χ1n) is 11.7. The molecule has 7 nitrogen and oxygen atoms in total. The molecule has 1 aliphatic heterocycles. The van der Waals surface area contributed by atoms with Crippen molar-refractivity contribution in [2.75, 3.05) is 32.1 Å². The van der Waals surface area contributed by atoms with Crippen LogP contribution in [0.4, 0.5) is 5.82 Å². The summed E-state index contributed by atoms with van der Waals surface area (Å²) in [6, 6.07) is 11.9. The molecule has 0 aliphatic carbocycles. The van der Waals surface area contributed by atoms with Gasteiger partial charge in [-0.05, 0) is 45.6 Å². The summed E-state index contributed by atoms with van der Waals surface area (Å²) in [5.41, 5.74) is 0.713. The number of carbonyl (C=O) groups excluding carboxylic acids is 2. The van der Waals surface area contributed by atoms with Crippen LogP contribution in [0.15, 0.2) is 36.4 Å². The molecule has 0 saturated carbocycles. The third kappa shape index (κ3) is 6.09. The standard InChI is InChI=1S/C26H37N5O2/c1-19-17-21(30(5)6)28-23(27-19)26(4)15-10-16-31(18-26)24(33)25(2,3)29-22(32)14-13-20-11-8-7-9-12-20/h7-9,11-12,17H,10,13-16,18H2,1-6H3,(H,29,32). The van der Waals surface area contributed by atoms with Gasteiger partial charge in [0.15, 0.2) is 0 Å². The average Bonchev–Trinajstić information content (AvgIpc) is 2.77. The maximum absolute atomic E-state index is 13.5. The largest absolute Gasteiger partial charge is 0.363 e. The van der Waals surface area contributed by atoms with Gasteiger partial charge in [-0.15, -0.1) is 0 Å². The van der Waals surface area contributed by atoms with Crippen LogP contribution in [0, 0.1) is 6.92 Å². The van der Waals surface area contributed by atoms with E-state index in [2.05, 4.69) is 12.2 Å². The van der Waals surface area contributed by atoms with Gasteiger partial charge in [0.05, 0.1) is 0 Å². The Morgan fingerprint density at radius 1 is 1.18 bits per heavy atom. The van der Waals surface area contributed by atoms with E-state index in [1.165, 1.54) is 0 Å². The van der Waals surface area contributed by atoms with Gasteiger partial charge in [-0.25, -0.2) is 9.97 Å². The number of nitrogens with zero attached hydrogens (tertiary/aromatic N) is 4. The minimum Gasteiger partial charge on any atom is -0.363 e. The minimum absolute atomic E-state index is 0.0676. The first-order valence-corrected chi connectivity index (χ1v) is 11.7. The van der Waals surface area contributed by atoms with Crippen molar-refractivity contribution in [2.45, 2.75) is 64.3 Å². The highest BCUT2D eigenvalue weighted by molar-refractivity contribution is 5.91. The third-order valence-electron chi connectivity index (χ3n) is 6.29. The second-order valence-corrected chi connectivity index (χ2v) is 10.1. The van der Waals surface area contributed by atoms with Gasteiger partial charge in [-0.3, -0.25) is 9.59 Å². The molecule has 1 fully saturated rings. The molecule has 1 aromatic carbocycles. The van der Waals surface area contributed by atoms with E-state index in [1.54, 1.807) is 13.8 Å². The van der Waals surface area contributed by atoms with Gasteiger partial charge in [-0.2, -0.15) is 0 Å². The zero-order valence-corrected chi connectivity index (χ0v) is 20.8. The second-order valence-electron chi connectivity index (χ2n) is 10.1. The minimum atomic E-state index is -0.978. The van der Waals surface area contributed by atoms with Crippen LogP contribution in [0.2, 0.25) is 0 Å². The average molecular weight is 452 g/mol. The normalized spacial score (nSPS) is 18.7. The number of carbonyl (C=O) groups is 2. The van der Waals surface area contributed by atoms with Gasteiger partial charge in [0.25, 0.3) is 0 Å². The number of hydrogen-bond donors (Lipinski definition) is 1. The quantitative estimate of drug-likeness (QED) is 0.699. The fourth-order valence-corrected chi connectivity index (χ4v) is 4.41. The summed E-state index contributed by atoms with van der Waals surface area (Å²) in [5, 5.41) is 2.96. The van der Waals surface area contributed by atoms with Gasteiger partial charge in [0.1, 0.15) is 17.2 Å². The molecule has 3 rings (SSSR count). The van der Waals surface area contributed by atoms with Crippen molar-refractivity contribution >= 4 is 17.6 Å². The van der Waals surface area contributed by atoms with E-state index in [0.717, 1.165) is 35.7 Å². The highest BCUT2D eigenvalue weighted by atomic mass is 16.2. The molecule has 1 saturated heterocycles. The predicted molar refractivity (Wildman–Crippen MR) is 131 cm³/mol. The predicted octanol–water partition coefficient (Wildman–Crippen LogP) is 3.26. The van der Waals surface area contributed by atoms with Gasteiger partial charge < -0.3 is 15.1 Å². The van der Waals surface area contributed by atoms with Gasteiger partial charge >= 0.3 is 0 Å². The summed E-state index contributed by atoms with van der Waals surface area (Å²) in [6.45, 7) is 8.88. The van der Waals surface area contributed by atoms with Crippen LogP contribution < -0.4 is 10.2 Å². The molecule has 1 aromatic heterocycles. The topological polar surface area (TPSA) is 78.4 Å². The van der Waals surface area contributed by atoms with Crippen LogP contribution in [-0.4, -0.2) is 59.4 Å². The van der Waals surface area contributed by atoms with Crippen molar-refractivity contribution in [1.82, 2.24) is 20.2 Å². The molecular formula is C26H37N5O2. The number of rotatable bonds is 7. The number of aromatic nitrogens is 2. The fraction of sp³-hybridized carbons (Fsp3) is 0.538. The van der Waals surface area contributed by atoms with E-state index in [9.17, 15) is 9.59 Å². The Labute approximate surface area is 197 Å². The molecule has 0 bridgehead atoms. The van der Waals surface area contributed by atoms with Crippen LogP contribution in [0.1, 0.15) is 57.1 Å². The summed E-state index contributed by atoms with van der Waals surface area (Å²) in [5.74, 6) is 1.46. The lowest BCUT2D eigenvalue weighted by molar-refractivity contribution is -0.142. The van der Waals surface area contributed by atoms with Crippen molar-refractivity contribution in [2.24, 2.45) is 0 Å². The molecule has 0 spiro atoms. The Kier molecular flexibility index (Phi) is 7.40. The van der Waals surface area contributed by atoms with Crippen LogP contribution in [0.5, 0.6) is 0 Å². The molecule has 1 N–H and O–H groups in total. The summed E-state index contributed by atoms with van der Waals surface area (Å²) in [6.07, 6.45) is 2.78. The summed E-state index contributed by atoms with van der Waals surface area (Å²) in [7, 11) is 3.93. The lowest BCUT2D eigenvalue weighted by Crippen LogP contribution is -2.59. The molecule has 1 unspecified atom stereocenters. The maximum Gasteiger partial charge on any atom is 0.247 e. The Morgan fingerprint density at radius 2 is 1.88 bits per heavy atom. The highest BCUT2D eigenvalue weighted by Crippen LogP contribution is 2.33. The molecule has 33 heavy (non-hydrogen) atoms. The Bertz CT molecular complexity index is 989. The molecular weight excluding hydrogens is 414 g/mol. The van der Waals surface area contributed by atoms with Crippen LogP contribution in [-0.2, 0) is 21.4 Å². The molecule has 2 aromatic rings. The van der Waals surface area contributed by atoms with Gasteiger partial charge in [0.2, 0.25) is 11.8 Å². The second kappa shape index (κ2) is 9.89. The van der Waals surface area contributed by atoms with E-state index in [1.807, 2.05) is 67.2 Å². The Balaban J connectivity index is 1.68. The van der Waals surface area contributed by atoms with Crippen molar-refractivity contribution < 1.29 is 9.59 Å². The van der Waals surface area contributed by atoms with Crippen LogP contribution >= 0.6 is 0 Å². The van der Waals surface area contributed by atoms with Crippen LogP contribution in [0.25, 0.3) is 0 Å². The number of amides is 2. The molecule has 1 aliphatic rings. The molecule has 0 radical (unpaired) electrons. The van der Waals surface area contributed by atoms with E-state index >= 15 is 0 Å². The zero-order chi connectivity index (χ0) is 24.2. The fourth-order valence-electron chi connectivity index (χ4n) is 4.41. The van der Waals surface area contributed by atoms with E-state index in [4.69, 9.17) is 9.97 Å². The number of likely N-dealkylation sites (tertiary alicyclic amines) is 1. The third-order valence-corrected chi connectivity index (χ3v) is 6.29.